The Morgan fingerprint density at radius 2 is 2.00 bits per heavy atom. The lowest BCUT2D eigenvalue weighted by molar-refractivity contribution is 0.341. The van der Waals surface area contributed by atoms with Crippen LogP contribution in [0.5, 0.6) is 0 Å². The van der Waals surface area contributed by atoms with Crippen molar-refractivity contribution in [2.75, 3.05) is 6.16 Å². The number of hydrogen-bond donors (Lipinski definition) is 1. The predicted molar refractivity (Wildman–Crippen MR) is 57.5 cm³/mol. The molecule has 1 rings (SSSR count). The van der Waals surface area contributed by atoms with Crippen LogP contribution in [0.2, 0.25) is 0 Å². The Morgan fingerprint density at radius 1 is 1.31 bits per heavy atom. The van der Waals surface area contributed by atoms with Crippen molar-refractivity contribution in [1.29, 1.82) is 0 Å². The minimum absolute atomic E-state index is 0.642. The normalized spacial score (nSPS) is 12.8. The van der Waals surface area contributed by atoms with Crippen LogP contribution < -0.4 is 5.50 Å². The summed E-state index contributed by atoms with van der Waals surface area (Å²) in [5.41, 5.74) is 6.97. The van der Waals surface area contributed by atoms with Crippen LogP contribution in [0.15, 0.2) is 30.3 Å². The first-order valence-corrected chi connectivity index (χ1v) is 6.03. The lowest BCUT2D eigenvalue weighted by atomic mass is 10.2. The molecule has 0 saturated heterocycles. The topological polar surface area (TPSA) is 35.2 Å². The Labute approximate surface area is 81.0 Å². The van der Waals surface area contributed by atoms with E-state index in [1.165, 1.54) is 5.56 Å². The molecular weight excluding hydrogens is 181 g/mol. The fourth-order valence-corrected chi connectivity index (χ4v) is 1.90. The van der Waals surface area contributed by atoms with Crippen molar-refractivity contribution in [3.8, 4) is 0 Å². The highest BCUT2D eigenvalue weighted by Crippen LogP contribution is 2.28. The lowest BCUT2D eigenvalue weighted by Crippen LogP contribution is -1.98. The van der Waals surface area contributed by atoms with Crippen molar-refractivity contribution in [1.82, 2.24) is 0 Å². The highest BCUT2D eigenvalue weighted by molar-refractivity contribution is 7.49. The van der Waals surface area contributed by atoms with Crippen LogP contribution in [0.4, 0.5) is 0 Å². The molecule has 0 heterocycles. The second-order valence-corrected chi connectivity index (χ2v) is 4.44. The van der Waals surface area contributed by atoms with Crippen LogP contribution in [0.1, 0.15) is 18.9 Å². The molecule has 0 amide bonds. The average molecular weight is 197 g/mol. The first kappa shape index (κ1) is 10.6. The van der Waals surface area contributed by atoms with Crippen LogP contribution in [0.25, 0.3) is 0 Å². The highest BCUT2D eigenvalue weighted by Gasteiger charge is 2.00. The summed E-state index contributed by atoms with van der Waals surface area (Å²) < 4.78 is 5.51. The molecule has 72 valence electrons. The van der Waals surface area contributed by atoms with Crippen molar-refractivity contribution in [2.24, 2.45) is 5.50 Å². The van der Waals surface area contributed by atoms with E-state index in [1.54, 1.807) is 0 Å². The van der Waals surface area contributed by atoms with E-state index in [2.05, 4.69) is 19.1 Å². The molecule has 13 heavy (non-hydrogen) atoms. The molecule has 0 aliphatic carbocycles. The van der Waals surface area contributed by atoms with Gasteiger partial charge in [-0.3, -0.25) is 5.50 Å². The third kappa shape index (κ3) is 4.37. The summed E-state index contributed by atoms with van der Waals surface area (Å²) in [4.78, 5) is 0. The Bertz CT molecular complexity index is 228. The Kier molecular flexibility index (Phi) is 4.99. The van der Waals surface area contributed by atoms with Gasteiger partial charge in [0.05, 0.1) is 14.9 Å². The molecule has 0 aromatic heterocycles. The third-order valence-corrected chi connectivity index (χ3v) is 3.03. The van der Waals surface area contributed by atoms with Gasteiger partial charge in [-0.2, -0.15) is 0 Å². The van der Waals surface area contributed by atoms with E-state index < -0.39 is 8.30 Å². The van der Waals surface area contributed by atoms with Gasteiger partial charge in [-0.25, -0.2) is 0 Å². The summed E-state index contributed by atoms with van der Waals surface area (Å²) in [6.07, 6.45) is 2.08. The standard InChI is InChI=1S/C10H16NOP/c1-2-8-13(11)12-9-10-6-4-3-5-7-10/h3-7H,2,8-9,11H2,1H3. The molecule has 2 nitrogen and oxygen atoms in total. The predicted octanol–water partition coefficient (Wildman–Crippen LogP) is 2.88. The summed E-state index contributed by atoms with van der Waals surface area (Å²) in [5, 5.41) is 0. The summed E-state index contributed by atoms with van der Waals surface area (Å²) in [6.45, 7) is 2.76. The van der Waals surface area contributed by atoms with E-state index in [-0.39, 0.29) is 0 Å². The quantitative estimate of drug-likeness (QED) is 0.736. The monoisotopic (exact) mass is 197 g/mol. The van der Waals surface area contributed by atoms with Crippen molar-refractivity contribution in [3.63, 3.8) is 0 Å². The Balaban J connectivity index is 2.27. The molecule has 0 bridgehead atoms. The summed E-state index contributed by atoms with van der Waals surface area (Å²) in [6, 6.07) is 10.1. The molecule has 1 aromatic carbocycles. The first-order valence-electron chi connectivity index (χ1n) is 4.52. The van der Waals surface area contributed by atoms with Crippen LogP contribution in [0.3, 0.4) is 0 Å². The number of nitrogens with two attached hydrogens (primary N) is 1. The molecule has 1 unspecified atom stereocenters. The van der Waals surface area contributed by atoms with Gasteiger partial charge in [0.1, 0.15) is 0 Å². The van der Waals surface area contributed by atoms with Gasteiger partial charge in [-0.15, -0.1) is 0 Å². The largest absolute Gasteiger partial charge is 0.339 e. The summed E-state index contributed by atoms with van der Waals surface area (Å²) in [5.74, 6) is 0. The maximum absolute atomic E-state index is 5.77. The van der Waals surface area contributed by atoms with Gasteiger partial charge in [-0.05, 0) is 12.0 Å². The van der Waals surface area contributed by atoms with E-state index in [1.807, 2.05) is 18.2 Å². The number of benzene rings is 1. The van der Waals surface area contributed by atoms with Crippen LogP contribution in [0, 0.1) is 0 Å². The molecule has 0 aliphatic rings. The fourth-order valence-electron chi connectivity index (χ4n) is 1.02. The highest BCUT2D eigenvalue weighted by atomic mass is 31.2. The second-order valence-electron chi connectivity index (χ2n) is 2.90. The van der Waals surface area contributed by atoms with Crippen LogP contribution >= 0.6 is 8.30 Å². The van der Waals surface area contributed by atoms with Gasteiger partial charge in [0.2, 0.25) is 0 Å². The smallest absolute Gasteiger partial charge is 0.0987 e. The average Bonchev–Trinajstić information content (AvgIpc) is 2.17. The Hall–Kier alpha value is -0.430. The van der Waals surface area contributed by atoms with Crippen LogP contribution in [-0.2, 0) is 11.1 Å². The minimum atomic E-state index is -0.704. The molecule has 3 heteroatoms. The lowest BCUT2D eigenvalue weighted by Gasteiger charge is -2.10. The third-order valence-electron chi connectivity index (χ3n) is 1.68. The van der Waals surface area contributed by atoms with Crippen LogP contribution in [-0.4, -0.2) is 6.16 Å². The zero-order valence-electron chi connectivity index (χ0n) is 7.94. The molecule has 0 spiro atoms. The first-order chi connectivity index (χ1) is 6.33. The maximum Gasteiger partial charge on any atom is 0.0987 e. The van der Waals surface area contributed by atoms with E-state index in [0.717, 1.165) is 12.6 Å². The zero-order chi connectivity index (χ0) is 9.52. The van der Waals surface area contributed by atoms with Crippen molar-refractivity contribution < 1.29 is 4.52 Å². The van der Waals surface area contributed by atoms with Gasteiger partial charge < -0.3 is 4.52 Å². The molecule has 0 aliphatic heterocycles. The van der Waals surface area contributed by atoms with E-state index in [9.17, 15) is 0 Å². The SMILES string of the molecule is CCCP(N)OCc1ccccc1. The summed E-state index contributed by atoms with van der Waals surface area (Å²) in [7, 11) is -0.704. The Morgan fingerprint density at radius 3 is 2.62 bits per heavy atom. The molecular formula is C10H16NOP. The molecule has 1 aromatic rings. The second kappa shape index (κ2) is 6.09. The van der Waals surface area contributed by atoms with E-state index in [0.29, 0.717) is 6.61 Å². The van der Waals surface area contributed by atoms with E-state index >= 15 is 0 Å². The molecule has 0 radical (unpaired) electrons. The van der Waals surface area contributed by atoms with Crippen molar-refractivity contribution >= 4 is 8.30 Å². The number of hydrogen-bond acceptors (Lipinski definition) is 2. The molecule has 0 fully saturated rings. The van der Waals surface area contributed by atoms with Gasteiger partial charge >= 0.3 is 0 Å². The molecule has 1 atom stereocenters. The molecule has 0 saturated carbocycles. The van der Waals surface area contributed by atoms with Gasteiger partial charge in [0.25, 0.3) is 0 Å². The minimum Gasteiger partial charge on any atom is -0.339 e. The van der Waals surface area contributed by atoms with Crippen molar-refractivity contribution in [3.05, 3.63) is 35.9 Å². The molecule has 2 N–H and O–H groups in total. The van der Waals surface area contributed by atoms with Gasteiger partial charge in [0, 0.05) is 6.16 Å². The van der Waals surface area contributed by atoms with Crippen molar-refractivity contribution in [2.45, 2.75) is 20.0 Å². The summed E-state index contributed by atoms with van der Waals surface area (Å²) >= 11 is 0. The van der Waals surface area contributed by atoms with Gasteiger partial charge in [-0.1, -0.05) is 37.3 Å². The maximum atomic E-state index is 5.77. The number of rotatable bonds is 5. The zero-order valence-corrected chi connectivity index (χ0v) is 8.84. The van der Waals surface area contributed by atoms with E-state index in [4.69, 9.17) is 10.0 Å². The fraction of sp³-hybridized carbons (Fsp3) is 0.400. The van der Waals surface area contributed by atoms with Gasteiger partial charge in [0.15, 0.2) is 0 Å².